The first-order chi connectivity index (χ1) is 9.61. The van der Waals surface area contributed by atoms with Crippen molar-refractivity contribution < 1.29 is 0 Å². The molecule has 4 nitrogen and oxygen atoms in total. The number of aromatic nitrogens is 1. The van der Waals surface area contributed by atoms with E-state index in [0.29, 0.717) is 12.1 Å². The van der Waals surface area contributed by atoms with E-state index in [0.717, 1.165) is 38.4 Å². The minimum Gasteiger partial charge on any atom is -0.370 e. The van der Waals surface area contributed by atoms with Gasteiger partial charge in [0.05, 0.1) is 0 Å². The molecule has 2 unspecified atom stereocenters. The van der Waals surface area contributed by atoms with Crippen LogP contribution in [0.2, 0.25) is 0 Å². The van der Waals surface area contributed by atoms with Crippen LogP contribution >= 0.6 is 0 Å². The minimum atomic E-state index is 0.613. The highest BCUT2D eigenvalue weighted by Crippen LogP contribution is 2.19. The molecule has 0 radical (unpaired) electrons. The zero-order chi connectivity index (χ0) is 14.5. The molecule has 4 heteroatoms. The van der Waals surface area contributed by atoms with E-state index >= 15 is 0 Å². The normalized spacial score (nSPS) is 24.8. The van der Waals surface area contributed by atoms with Crippen molar-refractivity contribution in [2.24, 2.45) is 0 Å². The highest BCUT2D eigenvalue weighted by molar-refractivity contribution is 5.43. The Morgan fingerprint density at radius 1 is 1.30 bits per heavy atom. The van der Waals surface area contributed by atoms with Crippen molar-refractivity contribution in [3.05, 3.63) is 23.9 Å². The van der Waals surface area contributed by atoms with Crippen molar-refractivity contribution in [2.75, 3.05) is 32.0 Å². The zero-order valence-electron chi connectivity index (χ0n) is 13.3. The Morgan fingerprint density at radius 3 is 2.65 bits per heavy atom. The summed E-state index contributed by atoms with van der Waals surface area (Å²) < 4.78 is 0. The number of nitrogens with one attached hydrogen (secondary N) is 1. The van der Waals surface area contributed by atoms with E-state index in [-0.39, 0.29) is 0 Å². The zero-order valence-corrected chi connectivity index (χ0v) is 13.3. The monoisotopic (exact) mass is 276 g/mol. The van der Waals surface area contributed by atoms with Gasteiger partial charge in [0.15, 0.2) is 0 Å². The fraction of sp³-hybridized carbons (Fsp3) is 0.688. The molecule has 1 aromatic heterocycles. The van der Waals surface area contributed by atoms with E-state index in [1.165, 1.54) is 5.56 Å². The van der Waals surface area contributed by atoms with Crippen molar-refractivity contribution in [1.29, 1.82) is 0 Å². The van der Waals surface area contributed by atoms with Gasteiger partial charge in [-0.1, -0.05) is 13.0 Å². The van der Waals surface area contributed by atoms with Crippen molar-refractivity contribution in [3.8, 4) is 0 Å². The first-order valence-corrected chi connectivity index (χ1v) is 7.73. The van der Waals surface area contributed by atoms with Crippen LogP contribution in [0.25, 0.3) is 0 Å². The summed E-state index contributed by atoms with van der Waals surface area (Å²) >= 11 is 0. The highest BCUT2D eigenvalue weighted by Gasteiger charge is 2.26. The minimum absolute atomic E-state index is 0.613. The van der Waals surface area contributed by atoms with Gasteiger partial charge in [0, 0.05) is 50.0 Å². The molecule has 1 aromatic rings. The van der Waals surface area contributed by atoms with Crippen LogP contribution in [0.4, 0.5) is 5.82 Å². The van der Waals surface area contributed by atoms with Crippen LogP contribution in [0.15, 0.2) is 18.3 Å². The van der Waals surface area contributed by atoms with Gasteiger partial charge in [-0.15, -0.1) is 0 Å². The number of hydrogen-bond donors (Lipinski definition) is 1. The maximum Gasteiger partial charge on any atom is 0.130 e. The average Bonchev–Trinajstić information content (AvgIpc) is 2.44. The lowest BCUT2D eigenvalue weighted by molar-refractivity contribution is 0.0557. The molecule has 0 aliphatic carbocycles. The smallest absolute Gasteiger partial charge is 0.130 e. The molecule has 0 saturated carbocycles. The van der Waals surface area contributed by atoms with Crippen LogP contribution < -0.4 is 5.32 Å². The maximum absolute atomic E-state index is 4.49. The topological polar surface area (TPSA) is 31.4 Å². The molecule has 112 valence electrons. The Bertz CT molecular complexity index is 409. The second-order valence-electron chi connectivity index (χ2n) is 6.00. The Kier molecular flexibility index (Phi) is 5.38. The highest BCUT2D eigenvalue weighted by atomic mass is 15.3. The Balaban J connectivity index is 2.02. The van der Waals surface area contributed by atoms with Gasteiger partial charge in [-0.3, -0.25) is 9.80 Å². The van der Waals surface area contributed by atoms with Crippen molar-refractivity contribution in [2.45, 2.75) is 45.8 Å². The summed E-state index contributed by atoms with van der Waals surface area (Å²) in [7, 11) is 2.23. The molecule has 1 saturated heterocycles. The molecule has 0 bridgehead atoms. The second-order valence-corrected chi connectivity index (χ2v) is 6.00. The van der Waals surface area contributed by atoms with E-state index < -0.39 is 0 Å². The molecular weight excluding hydrogens is 248 g/mol. The van der Waals surface area contributed by atoms with Crippen molar-refractivity contribution in [3.63, 3.8) is 0 Å². The van der Waals surface area contributed by atoms with Crippen molar-refractivity contribution in [1.82, 2.24) is 14.8 Å². The number of anilines is 1. The molecule has 20 heavy (non-hydrogen) atoms. The van der Waals surface area contributed by atoms with Gasteiger partial charge in [0.1, 0.15) is 5.82 Å². The first kappa shape index (κ1) is 15.3. The lowest BCUT2D eigenvalue weighted by atomic mass is 10.1. The molecule has 1 aliphatic rings. The molecule has 2 heterocycles. The van der Waals surface area contributed by atoms with Gasteiger partial charge in [-0.2, -0.15) is 0 Å². The fourth-order valence-electron chi connectivity index (χ4n) is 2.85. The maximum atomic E-state index is 4.49. The summed E-state index contributed by atoms with van der Waals surface area (Å²) in [5, 5.41) is 3.44. The Labute approximate surface area is 123 Å². The van der Waals surface area contributed by atoms with Gasteiger partial charge >= 0.3 is 0 Å². The van der Waals surface area contributed by atoms with E-state index in [1.807, 2.05) is 12.3 Å². The van der Waals surface area contributed by atoms with E-state index in [9.17, 15) is 0 Å². The van der Waals surface area contributed by atoms with Gasteiger partial charge in [0.2, 0.25) is 0 Å². The third-order valence-electron chi connectivity index (χ3n) is 4.26. The predicted molar refractivity (Wildman–Crippen MR) is 85.0 cm³/mol. The van der Waals surface area contributed by atoms with E-state index in [4.69, 9.17) is 0 Å². The lowest BCUT2D eigenvalue weighted by Gasteiger charge is -2.42. The number of piperazine rings is 1. The second kappa shape index (κ2) is 7.04. The summed E-state index contributed by atoms with van der Waals surface area (Å²) in [5.41, 5.74) is 1.31. The lowest BCUT2D eigenvalue weighted by Crippen LogP contribution is -2.54. The van der Waals surface area contributed by atoms with Crippen LogP contribution in [0.3, 0.4) is 0 Å². The summed E-state index contributed by atoms with van der Waals surface area (Å²) in [6.07, 6.45) is 3.00. The van der Waals surface area contributed by atoms with E-state index in [1.54, 1.807) is 0 Å². The fourth-order valence-corrected chi connectivity index (χ4v) is 2.85. The number of likely N-dealkylation sites (N-methyl/N-ethyl adjacent to an activating group) is 1. The number of hydrogen-bond acceptors (Lipinski definition) is 4. The summed E-state index contributed by atoms with van der Waals surface area (Å²) in [6, 6.07) is 5.46. The SMILES string of the molecule is CCCNc1ncccc1CN1CC(C)N(C)C(C)C1. The largest absolute Gasteiger partial charge is 0.370 e. The number of nitrogens with zero attached hydrogens (tertiary/aromatic N) is 3. The molecular formula is C16H28N4. The van der Waals surface area contributed by atoms with Crippen LogP contribution in [-0.4, -0.2) is 53.5 Å². The standard InChI is InChI=1S/C16H28N4/c1-5-8-17-16-15(7-6-9-18-16)12-20-10-13(2)19(4)14(3)11-20/h6-7,9,13-14H,5,8,10-12H2,1-4H3,(H,17,18). The summed E-state index contributed by atoms with van der Waals surface area (Å²) in [4.78, 5) is 9.50. The third-order valence-corrected chi connectivity index (χ3v) is 4.26. The van der Waals surface area contributed by atoms with Crippen LogP contribution in [0, 0.1) is 0 Å². The van der Waals surface area contributed by atoms with Gasteiger partial charge in [-0.25, -0.2) is 4.98 Å². The number of pyridine rings is 1. The van der Waals surface area contributed by atoms with Gasteiger partial charge < -0.3 is 5.32 Å². The molecule has 0 aromatic carbocycles. The molecule has 1 fully saturated rings. The van der Waals surface area contributed by atoms with Crippen LogP contribution in [0.5, 0.6) is 0 Å². The quantitative estimate of drug-likeness (QED) is 0.895. The number of rotatable bonds is 5. The molecule has 2 rings (SSSR count). The molecule has 0 spiro atoms. The first-order valence-electron chi connectivity index (χ1n) is 7.73. The Morgan fingerprint density at radius 2 is 2.00 bits per heavy atom. The van der Waals surface area contributed by atoms with Gasteiger partial charge in [-0.05, 0) is 33.4 Å². The molecule has 2 atom stereocenters. The average molecular weight is 276 g/mol. The molecule has 0 amide bonds. The molecule has 1 N–H and O–H groups in total. The third kappa shape index (κ3) is 3.70. The molecule has 1 aliphatic heterocycles. The van der Waals surface area contributed by atoms with E-state index in [2.05, 4.69) is 54.0 Å². The Hall–Kier alpha value is -1.13. The van der Waals surface area contributed by atoms with Crippen LogP contribution in [-0.2, 0) is 6.54 Å². The summed E-state index contributed by atoms with van der Waals surface area (Å²) in [6.45, 7) is 11.0. The summed E-state index contributed by atoms with van der Waals surface area (Å²) in [5.74, 6) is 1.05. The van der Waals surface area contributed by atoms with Crippen LogP contribution in [0.1, 0.15) is 32.8 Å². The predicted octanol–water partition coefficient (Wildman–Crippen LogP) is 2.43. The van der Waals surface area contributed by atoms with Crippen molar-refractivity contribution >= 4 is 5.82 Å². The van der Waals surface area contributed by atoms with Gasteiger partial charge in [0.25, 0.3) is 0 Å².